The van der Waals surface area contributed by atoms with Crippen LogP contribution in [0.3, 0.4) is 0 Å². The number of ether oxygens (including phenoxy) is 2. The van der Waals surface area contributed by atoms with Gasteiger partial charge in [0.1, 0.15) is 23.7 Å². The van der Waals surface area contributed by atoms with Crippen LogP contribution in [0.1, 0.15) is 11.1 Å². The minimum atomic E-state index is -0.591. The number of nitrogens with one attached hydrogen (secondary N) is 1. The maximum absolute atomic E-state index is 13.2. The van der Waals surface area contributed by atoms with Gasteiger partial charge in [0.25, 0.3) is 11.8 Å². The van der Waals surface area contributed by atoms with Crippen LogP contribution >= 0.6 is 47.0 Å². The van der Waals surface area contributed by atoms with Crippen LogP contribution < -0.4 is 19.7 Å². The molecular weight excluding hydrogens is 531 g/mol. The monoisotopic (exact) mass is 546 g/mol. The van der Waals surface area contributed by atoms with E-state index >= 15 is 0 Å². The van der Waals surface area contributed by atoms with Crippen molar-refractivity contribution in [2.45, 2.75) is 6.61 Å². The van der Waals surface area contributed by atoms with E-state index < -0.39 is 11.8 Å². The van der Waals surface area contributed by atoms with Gasteiger partial charge in [-0.3, -0.25) is 19.8 Å². The molecule has 2 amide bonds. The second kappa shape index (κ2) is 10.7. The summed E-state index contributed by atoms with van der Waals surface area (Å²) in [5, 5.41) is 3.93. The zero-order valence-electron chi connectivity index (χ0n) is 18.2. The Morgan fingerprint density at radius 2 is 1.63 bits per heavy atom. The lowest BCUT2D eigenvalue weighted by molar-refractivity contribution is -0.122. The number of nitrogens with zero attached hydrogens (tertiary/aromatic N) is 1. The van der Waals surface area contributed by atoms with Crippen molar-refractivity contribution in [2.75, 3.05) is 12.0 Å². The SMILES string of the molecule is COc1ccc(/C=C2\C(=O)NC(=S)N(c3ccc(Cl)cc3)C2=O)cc1COc1ccc(Cl)cc1Cl. The minimum absolute atomic E-state index is 0.0110. The van der Waals surface area contributed by atoms with Crippen molar-refractivity contribution >= 4 is 75.7 Å². The molecule has 0 unspecified atom stereocenters. The summed E-state index contributed by atoms with van der Waals surface area (Å²) in [4.78, 5) is 27.1. The molecule has 0 spiro atoms. The molecule has 10 heteroatoms. The maximum atomic E-state index is 13.2. The molecule has 0 radical (unpaired) electrons. The number of hydrogen-bond acceptors (Lipinski definition) is 5. The van der Waals surface area contributed by atoms with Gasteiger partial charge >= 0.3 is 0 Å². The zero-order chi connectivity index (χ0) is 25.1. The first-order valence-electron chi connectivity index (χ1n) is 10.2. The van der Waals surface area contributed by atoms with Crippen LogP contribution in [0.15, 0.2) is 66.2 Å². The molecule has 1 aliphatic heterocycles. The fraction of sp³-hybridized carbons (Fsp3) is 0.0800. The maximum Gasteiger partial charge on any atom is 0.270 e. The molecule has 1 saturated heterocycles. The summed E-state index contributed by atoms with van der Waals surface area (Å²) in [6, 6.07) is 16.7. The van der Waals surface area contributed by atoms with Crippen LogP contribution in [0.4, 0.5) is 5.69 Å². The molecule has 1 heterocycles. The third kappa shape index (κ3) is 5.60. The molecule has 6 nitrogen and oxygen atoms in total. The van der Waals surface area contributed by atoms with Crippen LogP contribution in [-0.4, -0.2) is 24.0 Å². The van der Waals surface area contributed by atoms with Gasteiger partial charge in [-0.15, -0.1) is 0 Å². The number of amides is 2. The number of thiocarbonyl (C=S) groups is 1. The number of methoxy groups -OCH3 is 1. The molecule has 3 aromatic carbocycles. The summed E-state index contributed by atoms with van der Waals surface area (Å²) in [5.74, 6) is -0.120. The van der Waals surface area contributed by atoms with E-state index in [1.54, 1.807) is 60.7 Å². The van der Waals surface area contributed by atoms with Gasteiger partial charge in [0.15, 0.2) is 5.11 Å². The van der Waals surface area contributed by atoms with Gasteiger partial charge in [0.2, 0.25) is 0 Å². The molecule has 0 atom stereocenters. The molecule has 0 saturated carbocycles. The lowest BCUT2D eigenvalue weighted by Gasteiger charge is -2.29. The van der Waals surface area contributed by atoms with Crippen LogP contribution in [0, 0.1) is 0 Å². The highest BCUT2D eigenvalue weighted by Gasteiger charge is 2.34. The molecule has 3 aromatic rings. The number of hydrogen-bond donors (Lipinski definition) is 1. The lowest BCUT2D eigenvalue weighted by atomic mass is 10.0. The topological polar surface area (TPSA) is 67.9 Å². The molecule has 1 aliphatic rings. The molecule has 1 N–H and O–H groups in total. The fourth-order valence-corrected chi connectivity index (χ4v) is 4.27. The summed E-state index contributed by atoms with van der Waals surface area (Å²) >= 11 is 23.3. The number of benzene rings is 3. The summed E-state index contributed by atoms with van der Waals surface area (Å²) < 4.78 is 11.3. The van der Waals surface area contributed by atoms with Gasteiger partial charge < -0.3 is 9.47 Å². The van der Waals surface area contributed by atoms with E-state index in [1.165, 1.54) is 18.1 Å². The highest BCUT2D eigenvalue weighted by molar-refractivity contribution is 7.80. The van der Waals surface area contributed by atoms with Gasteiger partial charge in [-0.05, 0) is 78.5 Å². The van der Waals surface area contributed by atoms with E-state index in [-0.39, 0.29) is 17.3 Å². The van der Waals surface area contributed by atoms with Gasteiger partial charge in [0.05, 0.1) is 17.8 Å². The van der Waals surface area contributed by atoms with Crippen LogP contribution in [-0.2, 0) is 16.2 Å². The normalized spacial score (nSPS) is 14.8. The molecule has 1 fully saturated rings. The van der Waals surface area contributed by atoms with Gasteiger partial charge in [-0.25, -0.2) is 0 Å². The molecule has 35 heavy (non-hydrogen) atoms. The summed E-state index contributed by atoms with van der Waals surface area (Å²) in [6.07, 6.45) is 1.49. The van der Waals surface area contributed by atoms with E-state index in [0.717, 1.165) is 0 Å². The Labute approximate surface area is 222 Å². The van der Waals surface area contributed by atoms with Gasteiger partial charge in [0, 0.05) is 15.6 Å². The Bertz CT molecular complexity index is 1360. The number of rotatable bonds is 6. The van der Waals surface area contributed by atoms with Crippen molar-refractivity contribution < 1.29 is 19.1 Å². The molecule has 0 bridgehead atoms. The predicted octanol–water partition coefficient (Wildman–Crippen LogP) is 6.07. The Morgan fingerprint density at radius 1 is 0.943 bits per heavy atom. The Morgan fingerprint density at radius 3 is 2.31 bits per heavy atom. The Kier molecular flexibility index (Phi) is 7.62. The second-order valence-electron chi connectivity index (χ2n) is 7.37. The number of carbonyl (C=O) groups is 2. The average molecular weight is 548 g/mol. The van der Waals surface area contributed by atoms with Crippen molar-refractivity contribution in [1.29, 1.82) is 0 Å². The molecule has 0 aliphatic carbocycles. The number of halogens is 3. The summed E-state index contributed by atoms with van der Waals surface area (Å²) in [5.41, 5.74) is 1.68. The minimum Gasteiger partial charge on any atom is -0.496 e. The summed E-state index contributed by atoms with van der Waals surface area (Å²) in [7, 11) is 1.54. The molecule has 178 valence electrons. The zero-order valence-corrected chi connectivity index (χ0v) is 21.3. The first-order valence-corrected chi connectivity index (χ1v) is 11.7. The van der Waals surface area contributed by atoms with Crippen molar-refractivity contribution in [3.63, 3.8) is 0 Å². The van der Waals surface area contributed by atoms with Gasteiger partial charge in [-0.1, -0.05) is 40.9 Å². The van der Waals surface area contributed by atoms with E-state index in [9.17, 15) is 9.59 Å². The Balaban J connectivity index is 1.63. The average Bonchev–Trinajstić information content (AvgIpc) is 2.82. The smallest absolute Gasteiger partial charge is 0.270 e. The van der Waals surface area contributed by atoms with Crippen LogP contribution in [0.2, 0.25) is 15.1 Å². The van der Waals surface area contributed by atoms with Crippen molar-refractivity contribution in [2.24, 2.45) is 0 Å². The summed E-state index contributed by atoms with van der Waals surface area (Å²) in [6.45, 7) is 0.128. The largest absolute Gasteiger partial charge is 0.496 e. The highest BCUT2D eigenvalue weighted by atomic mass is 35.5. The van der Waals surface area contributed by atoms with E-state index in [0.29, 0.717) is 43.4 Å². The number of carbonyl (C=O) groups excluding carboxylic acids is 2. The standard InChI is InChI=1S/C25H17Cl3N2O4S/c1-33-21-8-2-14(10-15(21)13-34-22-9-5-17(27)12-20(22)28)11-19-23(31)29-25(35)30(24(19)32)18-6-3-16(26)4-7-18/h2-12H,13H2,1H3,(H,29,31,35)/b19-11+. The quantitative estimate of drug-likeness (QED) is 0.231. The first-order chi connectivity index (χ1) is 16.8. The highest BCUT2D eigenvalue weighted by Crippen LogP contribution is 2.30. The van der Waals surface area contributed by atoms with Crippen LogP contribution in [0.25, 0.3) is 6.08 Å². The molecule has 0 aromatic heterocycles. The lowest BCUT2D eigenvalue weighted by Crippen LogP contribution is -2.54. The molecular formula is C25H17Cl3N2O4S. The van der Waals surface area contributed by atoms with Gasteiger partial charge in [-0.2, -0.15) is 0 Å². The first kappa shape index (κ1) is 25.0. The third-order valence-corrected chi connectivity index (χ3v) is 6.15. The Hall–Kier alpha value is -3.10. The van der Waals surface area contributed by atoms with Crippen molar-refractivity contribution in [3.05, 3.63) is 92.4 Å². The van der Waals surface area contributed by atoms with Crippen molar-refractivity contribution in [3.8, 4) is 11.5 Å². The second-order valence-corrected chi connectivity index (χ2v) is 9.04. The van der Waals surface area contributed by atoms with E-state index in [1.807, 2.05) is 0 Å². The van der Waals surface area contributed by atoms with Crippen molar-refractivity contribution in [1.82, 2.24) is 5.32 Å². The third-order valence-electron chi connectivity index (χ3n) is 5.08. The number of anilines is 1. The van der Waals surface area contributed by atoms with E-state index in [2.05, 4.69) is 5.32 Å². The predicted molar refractivity (Wildman–Crippen MR) is 141 cm³/mol. The molecule has 4 rings (SSSR count). The fourth-order valence-electron chi connectivity index (χ4n) is 3.40. The van der Waals surface area contributed by atoms with Crippen LogP contribution in [0.5, 0.6) is 11.5 Å². The van der Waals surface area contributed by atoms with E-state index in [4.69, 9.17) is 56.5 Å².